The molecule has 8 heteroatoms. The fraction of sp³-hybridized carbons (Fsp3) is 0.0714. The van der Waals surface area contributed by atoms with E-state index in [-0.39, 0.29) is 17.0 Å². The summed E-state index contributed by atoms with van der Waals surface area (Å²) in [6.07, 6.45) is 0. The van der Waals surface area contributed by atoms with E-state index in [1.165, 1.54) is 30.3 Å². The zero-order chi connectivity index (χ0) is 16.3. The molecule has 0 aromatic heterocycles. The molecule has 1 amide bonds. The topological polar surface area (TPSA) is 89.3 Å². The minimum absolute atomic E-state index is 0.00692. The predicted octanol–water partition coefficient (Wildman–Crippen LogP) is 1.54. The Morgan fingerprint density at radius 1 is 1.05 bits per heavy atom. The third-order valence-electron chi connectivity index (χ3n) is 2.88. The number of primary sulfonamides is 1. The summed E-state index contributed by atoms with van der Waals surface area (Å²) in [5, 5.41) is 7.46. The highest BCUT2D eigenvalue weighted by atomic mass is 32.2. The molecule has 0 heterocycles. The van der Waals surface area contributed by atoms with Crippen LogP contribution >= 0.6 is 0 Å². The second-order valence-electron chi connectivity index (χ2n) is 4.50. The van der Waals surface area contributed by atoms with Gasteiger partial charge in [0.2, 0.25) is 10.0 Å². The molecule has 0 spiro atoms. The lowest BCUT2D eigenvalue weighted by molar-refractivity contribution is 0.0950. The van der Waals surface area contributed by atoms with Crippen molar-refractivity contribution in [3.63, 3.8) is 0 Å². The molecule has 0 radical (unpaired) electrons. The van der Waals surface area contributed by atoms with Crippen molar-refractivity contribution in [3.05, 3.63) is 65.2 Å². The summed E-state index contributed by atoms with van der Waals surface area (Å²) < 4.78 is 48.0. The number of benzene rings is 2. The van der Waals surface area contributed by atoms with E-state index in [4.69, 9.17) is 5.14 Å². The minimum atomic E-state index is -3.82. The van der Waals surface area contributed by atoms with Crippen LogP contribution in [-0.2, 0) is 16.6 Å². The molecular weight excluding hydrogens is 314 g/mol. The molecule has 116 valence electrons. The first-order valence-electron chi connectivity index (χ1n) is 6.12. The van der Waals surface area contributed by atoms with Crippen LogP contribution in [0.4, 0.5) is 8.78 Å². The molecule has 3 N–H and O–H groups in total. The summed E-state index contributed by atoms with van der Waals surface area (Å²) >= 11 is 0. The quantitative estimate of drug-likeness (QED) is 0.893. The maximum Gasteiger partial charge on any atom is 0.251 e. The number of hydrogen-bond donors (Lipinski definition) is 2. The van der Waals surface area contributed by atoms with Crippen molar-refractivity contribution in [2.24, 2.45) is 5.14 Å². The molecule has 0 atom stereocenters. The predicted molar refractivity (Wildman–Crippen MR) is 75.3 cm³/mol. The van der Waals surface area contributed by atoms with Gasteiger partial charge in [0.1, 0.15) is 0 Å². The van der Waals surface area contributed by atoms with Crippen LogP contribution in [0.3, 0.4) is 0 Å². The SMILES string of the molecule is NS(=O)(=O)c1ccc(C(=O)NCc2ccc(F)c(F)c2)cc1. The van der Waals surface area contributed by atoms with Gasteiger partial charge in [0.05, 0.1) is 4.90 Å². The highest BCUT2D eigenvalue weighted by Crippen LogP contribution is 2.10. The molecule has 0 unspecified atom stereocenters. The largest absolute Gasteiger partial charge is 0.348 e. The third kappa shape index (κ3) is 3.86. The number of halogens is 2. The molecule has 0 bridgehead atoms. The molecular formula is C14H12F2N2O3S. The van der Waals surface area contributed by atoms with Gasteiger partial charge in [-0.2, -0.15) is 0 Å². The molecule has 2 aromatic carbocycles. The van der Waals surface area contributed by atoms with Gasteiger partial charge < -0.3 is 5.32 Å². The van der Waals surface area contributed by atoms with Gasteiger partial charge >= 0.3 is 0 Å². The van der Waals surface area contributed by atoms with Crippen LogP contribution in [0.15, 0.2) is 47.4 Å². The van der Waals surface area contributed by atoms with Crippen molar-refractivity contribution in [1.82, 2.24) is 5.32 Å². The highest BCUT2D eigenvalue weighted by molar-refractivity contribution is 7.89. The van der Waals surface area contributed by atoms with Crippen LogP contribution < -0.4 is 10.5 Å². The van der Waals surface area contributed by atoms with Gasteiger partial charge in [-0.15, -0.1) is 0 Å². The van der Waals surface area contributed by atoms with Crippen molar-refractivity contribution in [3.8, 4) is 0 Å². The Morgan fingerprint density at radius 2 is 1.68 bits per heavy atom. The standard InChI is InChI=1S/C14H12F2N2O3S/c15-12-6-1-9(7-13(12)16)8-18-14(19)10-2-4-11(5-3-10)22(17,20)21/h1-7H,8H2,(H,18,19)(H2,17,20,21). The average molecular weight is 326 g/mol. The van der Waals surface area contributed by atoms with E-state index >= 15 is 0 Å². The Kier molecular flexibility index (Phi) is 4.53. The zero-order valence-corrected chi connectivity index (χ0v) is 12.0. The van der Waals surface area contributed by atoms with E-state index in [0.29, 0.717) is 5.56 Å². The lowest BCUT2D eigenvalue weighted by Gasteiger charge is -2.06. The molecule has 0 saturated carbocycles. The molecule has 5 nitrogen and oxygen atoms in total. The molecule has 0 aliphatic heterocycles. The maximum atomic E-state index is 13.0. The Morgan fingerprint density at radius 3 is 2.23 bits per heavy atom. The van der Waals surface area contributed by atoms with E-state index < -0.39 is 27.6 Å². The number of nitrogens with two attached hydrogens (primary N) is 1. The van der Waals surface area contributed by atoms with Gasteiger partial charge in [0.25, 0.3) is 5.91 Å². The fourth-order valence-corrected chi connectivity index (χ4v) is 2.25. The summed E-state index contributed by atoms with van der Waals surface area (Å²) in [5.74, 6) is -2.44. The van der Waals surface area contributed by atoms with Gasteiger partial charge in [-0.3, -0.25) is 4.79 Å². The zero-order valence-electron chi connectivity index (χ0n) is 11.2. The van der Waals surface area contributed by atoms with Crippen molar-refractivity contribution >= 4 is 15.9 Å². The first-order valence-corrected chi connectivity index (χ1v) is 7.67. The van der Waals surface area contributed by atoms with Crippen LogP contribution in [0, 0.1) is 11.6 Å². The Bertz CT molecular complexity index is 805. The minimum Gasteiger partial charge on any atom is -0.348 e. The summed E-state index contributed by atoms with van der Waals surface area (Å²) in [6, 6.07) is 8.34. The number of sulfonamides is 1. The maximum absolute atomic E-state index is 13.0. The first-order chi connectivity index (χ1) is 10.3. The van der Waals surface area contributed by atoms with E-state index in [9.17, 15) is 22.0 Å². The molecule has 2 aromatic rings. The fourth-order valence-electron chi connectivity index (χ4n) is 1.73. The van der Waals surface area contributed by atoms with Crippen LogP contribution in [0.5, 0.6) is 0 Å². The molecule has 22 heavy (non-hydrogen) atoms. The average Bonchev–Trinajstić information content (AvgIpc) is 2.47. The summed E-state index contributed by atoms with van der Waals surface area (Å²) in [5.41, 5.74) is 0.614. The Hall–Kier alpha value is -2.32. The smallest absolute Gasteiger partial charge is 0.251 e. The van der Waals surface area contributed by atoms with Gasteiger partial charge in [-0.1, -0.05) is 6.07 Å². The van der Waals surface area contributed by atoms with Crippen LogP contribution in [-0.4, -0.2) is 14.3 Å². The lowest BCUT2D eigenvalue weighted by atomic mass is 10.2. The van der Waals surface area contributed by atoms with Crippen LogP contribution in [0.2, 0.25) is 0 Å². The number of rotatable bonds is 4. The van der Waals surface area contributed by atoms with Gasteiger partial charge in [0.15, 0.2) is 11.6 Å². The van der Waals surface area contributed by atoms with Gasteiger partial charge in [0, 0.05) is 12.1 Å². The molecule has 2 rings (SSSR count). The number of nitrogens with one attached hydrogen (secondary N) is 1. The lowest BCUT2D eigenvalue weighted by Crippen LogP contribution is -2.23. The number of amides is 1. The molecule has 0 aliphatic carbocycles. The number of carbonyl (C=O) groups is 1. The van der Waals surface area contributed by atoms with Crippen molar-refractivity contribution in [2.45, 2.75) is 11.4 Å². The van der Waals surface area contributed by atoms with E-state index in [0.717, 1.165) is 12.1 Å². The van der Waals surface area contributed by atoms with Crippen molar-refractivity contribution < 1.29 is 22.0 Å². The molecule has 0 fully saturated rings. The first kappa shape index (κ1) is 16.1. The number of carbonyl (C=O) groups excluding carboxylic acids is 1. The van der Waals surface area contributed by atoms with E-state index in [2.05, 4.69) is 5.32 Å². The Labute approximate surface area is 125 Å². The van der Waals surface area contributed by atoms with Gasteiger partial charge in [-0.05, 0) is 42.0 Å². The summed E-state index contributed by atoms with van der Waals surface area (Å²) in [6.45, 7) is 0.00692. The number of hydrogen-bond acceptors (Lipinski definition) is 3. The summed E-state index contributed by atoms with van der Waals surface area (Å²) in [7, 11) is -3.82. The van der Waals surface area contributed by atoms with Crippen molar-refractivity contribution in [1.29, 1.82) is 0 Å². The monoisotopic (exact) mass is 326 g/mol. The van der Waals surface area contributed by atoms with Crippen LogP contribution in [0.25, 0.3) is 0 Å². The van der Waals surface area contributed by atoms with Crippen molar-refractivity contribution in [2.75, 3.05) is 0 Å². The van der Waals surface area contributed by atoms with Crippen LogP contribution in [0.1, 0.15) is 15.9 Å². The Balaban J connectivity index is 2.04. The van der Waals surface area contributed by atoms with E-state index in [1.807, 2.05) is 0 Å². The molecule has 0 saturated heterocycles. The van der Waals surface area contributed by atoms with E-state index in [1.54, 1.807) is 0 Å². The second-order valence-corrected chi connectivity index (χ2v) is 6.06. The molecule has 0 aliphatic rings. The normalized spacial score (nSPS) is 11.2. The summed E-state index contributed by atoms with van der Waals surface area (Å²) in [4.78, 5) is 11.8. The third-order valence-corrected chi connectivity index (χ3v) is 3.81. The van der Waals surface area contributed by atoms with Gasteiger partial charge in [-0.25, -0.2) is 22.3 Å². The second kappa shape index (κ2) is 6.20. The highest BCUT2D eigenvalue weighted by Gasteiger charge is 2.10.